The number of aliphatic hydroxyl groups is 2. The number of benzene rings is 1. The second-order valence-electron chi connectivity index (χ2n) is 12.4. The Hall–Kier alpha value is -1.76. The number of fused-ring (bicyclic) bond motifs is 3. The summed E-state index contributed by atoms with van der Waals surface area (Å²) >= 11 is 0. The van der Waals surface area contributed by atoms with Gasteiger partial charge in [-0.1, -0.05) is 45.9 Å². The van der Waals surface area contributed by atoms with Crippen molar-refractivity contribution < 1.29 is 29.3 Å². The maximum absolute atomic E-state index is 14.8. The second kappa shape index (κ2) is 7.37. The predicted molar refractivity (Wildman–Crippen MR) is 126 cm³/mol. The fourth-order valence-electron chi connectivity index (χ4n) is 8.41. The quantitative estimate of drug-likeness (QED) is 0.656. The lowest BCUT2D eigenvalue weighted by atomic mass is 9.46. The number of carbonyl (C=O) groups excluding carboxylic acids is 2. The smallest absolute Gasteiger partial charge is 0.339 e. The molecule has 0 unspecified atom stereocenters. The normalized spacial score (nSPS) is 48.8. The van der Waals surface area contributed by atoms with Crippen molar-refractivity contribution in [2.75, 3.05) is 7.11 Å². The van der Waals surface area contributed by atoms with Crippen LogP contribution in [0.1, 0.15) is 64.2 Å². The number of esters is 1. The van der Waals surface area contributed by atoms with Gasteiger partial charge >= 0.3 is 5.97 Å². The average Bonchev–Trinajstić information content (AvgIpc) is 3.28. The number of rotatable bonds is 3. The molecule has 0 bridgehead atoms. The van der Waals surface area contributed by atoms with Crippen molar-refractivity contribution in [3.05, 3.63) is 35.9 Å². The summed E-state index contributed by atoms with van der Waals surface area (Å²) in [5, 5.41) is 23.2. The Balaban J connectivity index is 1.66. The monoisotopic (exact) mass is 470 g/mol. The van der Waals surface area contributed by atoms with Crippen LogP contribution in [0.3, 0.4) is 0 Å². The fraction of sp³-hybridized carbons (Fsp3) is 0.714. The molecular formula is C28H38O6. The van der Waals surface area contributed by atoms with Gasteiger partial charge in [0.2, 0.25) is 0 Å². The molecule has 0 saturated heterocycles. The number of Topliss-reactive ketones (excluding diaryl/α,β-unsaturated/α-hetero) is 1. The molecule has 0 heterocycles. The first-order valence-electron chi connectivity index (χ1n) is 12.6. The van der Waals surface area contributed by atoms with Crippen LogP contribution >= 0.6 is 0 Å². The van der Waals surface area contributed by atoms with E-state index in [0.717, 1.165) is 6.42 Å². The van der Waals surface area contributed by atoms with Crippen LogP contribution in [0, 0.1) is 39.9 Å². The van der Waals surface area contributed by atoms with E-state index in [1.165, 1.54) is 0 Å². The van der Waals surface area contributed by atoms with Crippen molar-refractivity contribution in [3.63, 3.8) is 0 Å². The molecule has 1 aromatic carbocycles. The lowest BCUT2D eigenvalue weighted by Crippen LogP contribution is -2.73. The molecule has 6 nitrogen and oxygen atoms in total. The first-order valence-corrected chi connectivity index (χ1v) is 12.6. The third kappa shape index (κ3) is 2.73. The summed E-state index contributed by atoms with van der Waals surface area (Å²) in [5.41, 5.74) is -3.10. The molecule has 186 valence electrons. The molecule has 0 aromatic heterocycles. The van der Waals surface area contributed by atoms with Crippen LogP contribution in [0.4, 0.5) is 0 Å². The van der Waals surface area contributed by atoms with E-state index in [-0.39, 0.29) is 29.5 Å². The lowest BCUT2D eigenvalue weighted by molar-refractivity contribution is -0.231. The van der Waals surface area contributed by atoms with Gasteiger partial charge in [-0.3, -0.25) is 4.79 Å². The van der Waals surface area contributed by atoms with Gasteiger partial charge in [0.15, 0.2) is 11.4 Å². The van der Waals surface area contributed by atoms with E-state index in [9.17, 15) is 19.8 Å². The zero-order valence-electron chi connectivity index (χ0n) is 21.1. The minimum Gasteiger partial charge on any atom is -0.447 e. The Kier molecular flexibility index (Phi) is 5.20. The molecule has 10 atom stereocenters. The number of ether oxygens (including phenoxy) is 2. The van der Waals surface area contributed by atoms with Crippen molar-refractivity contribution in [2.24, 2.45) is 39.9 Å². The summed E-state index contributed by atoms with van der Waals surface area (Å²) in [5.74, 6) is -1.40. The third-order valence-electron chi connectivity index (χ3n) is 10.7. The molecule has 0 amide bonds. The topological polar surface area (TPSA) is 93.1 Å². The van der Waals surface area contributed by atoms with Crippen LogP contribution < -0.4 is 0 Å². The Morgan fingerprint density at radius 2 is 1.71 bits per heavy atom. The molecule has 34 heavy (non-hydrogen) atoms. The molecule has 2 N–H and O–H groups in total. The largest absolute Gasteiger partial charge is 0.447 e. The Labute approximate surface area is 202 Å². The molecule has 5 rings (SSSR count). The molecule has 6 heteroatoms. The molecule has 0 radical (unpaired) electrons. The van der Waals surface area contributed by atoms with Crippen molar-refractivity contribution in [3.8, 4) is 0 Å². The highest BCUT2D eigenvalue weighted by Crippen LogP contribution is 2.73. The average molecular weight is 471 g/mol. The molecule has 4 fully saturated rings. The fourth-order valence-corrected chi connectivity index (χ4v) is 8.41. The Bertz CT molecular complexity index is 1010. The molecule has 1 aromatic rings. The van der Waals surface area contributed by atoms with Crippen LogP contribution in [0.25, 0.3) is 0 Å². The number of hydrogen-bond acceptors (Lipinski definition) is 6. The SMILES string of the molecule is CO[C@@H]1[C@H]2[C@@H](CC[C@@]3(C)[C@H](O)[C@H]4[C@@H](O)[C@@H](C)C[C@]4(OC(=O)c4ccccc4)C(=O)[C@@]13C)C2(C)C. The maximum atomic E-state index is 14.8. The minimum absolute atomic E-state index is 0.0451. The predicted octanol–water partition coefficient (Wildman–Crippen LogP) is 3.64. The molecular weight excluding hydrogens is 432 g/mol. The molecule has 0 spiro atoms. The van der Waals surface area contributed by atoms with E-state index in [4.69, 9.17) is 9.47 Å². The van der Waals surface area contributed by atoms with Gasteiger partial charge in [-0.05, 0) is 61.5 Å². The highest BCUT2D eigenvalue weighted by Gasteiger charge is 2.80. The highest BCUT2D eigenvalue weighted by molar-refractivity contribution is 6.00. The van der Waals surface area contributed by atoms with Crippen LogP contribution in [-0.4, -0.2) is 53.0 Å². The zero-order valence-corrected chi connectivity index (χ0v) is 21.1. The second-order valence-corrected chi connectivity index (χ2v) is 12.4. The first kappa shape index (κ1) is 24.0. The van der Waals surface area contributed by atoms with Gasteiger partial charge in [-0.2, -0.15) is 0 Å². The number of aliphatic hydroxyl groups excluding tert-OH is 2. The van der Waals surface area contributed by atoms with Gasteiger partial charge in [0.1, 0.15) is 0 Å². The van der Waals surface area contributed by atoms with Gasteiger partial charge < -0.3 is 19.7 Å². The zero-order chi connectivity index (χ0) is 24.8. The number of methoxy groups -OCH3 is 1. The number of carbonyl (C=O) groups is 2. The van der Waals surface area contributed by atoms with Crippen LogP contribution in [0.15, 0.2) is 30.3 Å². The van der Waals surface area contributed by atoms with Gasteiger partial charge in [0.25, 0.3) is 0 Å². The molecule has 4 aliphatic rings. The van der Waals surface area contributed by atoms with Gasteiger partial charge in [0.05, 0.1) is 35.2 Å². The van der Waals surface area contributed by atoms with Crippen LogP contribution in [0.5, 0.6) is 0 Å². The summed E-state index contributed by atoms with van der Waals surface area (Å²) < 4.78 is 12.3. The lowest BCUT2D eigenvalue weighted by Gasteiger charge is -2.60. The van der Waals surface area contributed by atoms with Crippen molar-refractivity contribution >= 4 is 11.8 Å². The summed E-state index contributed by atoms with van der Waals surface area (Å²) in [6.45, 7) is 10.2. The Morgan fingerprint density at radius 3 is 2.32 bits per heavy atom. The summed E-state index contributed by atoms with van der Waals surface area (Å²) in [6.07, 6.45) is -0.642. The van der Waals surface area contributed by atoms with Gasteiger partial charge in [-0.15, -0.1) is 0 Å². The molecule has 4 aliphatic carbocycles. The van der Waals surface area contributed by atoms with Gasteiger partial charge in [-0.25, -0.2) is 4.79 Å². The number of hydrogen-bond donors (Lipinski definition) is 2. The summed E-state index contributed by atoms with van der Waals surface area (Å²) in [4.78, 5) is 28.1. The van der Waals surface area contributed by atoms with E-state index < -0.39 is 46.6 Å². The van der Waals surface area contributed by atoms with Crippen LogP contribution in [-0.2, 0) is 14.3 Å². The Morgan fingerprint density at radius 1 is 1.06 bits per heavy atom. The summed E-state index contributed by atoms with van der Waals surface area (Å²) in [6, 6.07) is 8.60. The van der Waals surface area contributed by atoms with E-state index in [2.05, 4.69) is 13.8 Å². The maximum Gasteiger partial charge on any atom is 0.339 e. The van der Waals surface area contributed by atoms with Crippen LogP contribution in [0.2, 0.25) is 0 Å². The van der Waals surface area contributed by atoms with Crippen molar-refractivity contribution in [1.82, 2.24) is 0 Å². The third-order valence-corrected chi connectivity index (χ3v) is 10.7. The van der Waals surface area contributed by atoms with Crippen molar-refractivity contribution in [2.45, 2.75) is 77.8 Å². The molecule has 0 aliphatic heterocycles. The van der Waals surface area contributed by atoms with E-state index in [1.807, 2.05) is 26.8 Å². The first-order chi connectivity index (χ1) is 15.9. The summed E-state index contributed by atoms with van der Waals surface area (Å²) in [7, 11) is 1.65. The minimum atomic E-state index is -1.60. The molecule has 4 saturated carbocycles. The van der Waals surface area contributed by atoms with E-state index in [0.29, 0.717) is 17.9 Å². The van der Waals surface area contributed by atoms with Gasteiger partial charge in [0, 0.05) is 12.5 Å². The van der Waals surface area contributed by atoms with E-state index in [1.54, 1.807) is 31.4 Å². The highest BCUT2D eigenvalue weighted by atomic mass is 16.6. The van der Waals surface area contributed by atoms with E-state index >= 15 is 0 Å². The number of ketones is 1. The standard InChI is InChI=1S/C28H38O6/c1-15-14-28(34-23(31)16-10-8-7-9-11-16)19(20(15)29)21(30)26(4)13-12-17-18(25(17,2)3)22(33-6)27(26,5)24(28)32/h7-11,15,17-22,29-30H,12-14H2,1-6H3/t15-,17+,18+,19+,20-,21+,22+,26-,27+,28+/m0/s1. The van der Waals surface area contributed by atoms with Crippen molar-refractivity contribution in [1.29, 1.82) is 0 Å².